The van der Waals surface area contributed by atoms with E-state index >= 15 is 0 Å². The highest BCUT2D eigenvalue weighted by Crippen LogP contribution is 2.30. The standard InChI is InChI=1S/C19H17N3O5/c23-18(22-25)8-4-13-1-5-15(6-2-13)19(24)21-20-12-14-3-7-16-17(11-14)27-10-9-26-16/h1-8,11-12,25H,9-10H2,(H,21,24)(H,22,23)/b8-4+,20-12+. The fourth-order valence-corrected chi connectivity index (χ4v) is 2.33. The molecular weight excluding hydrogens is 350 g/mol. The van der Waals surface area contributed by atoms with Crippen molar-refractivity contribution in [3.8, 4) is 11.5 Å². The zero-order valence-corrected chi connectivity index (χ0v) is 14.2. The van der Waals surface area contributed by atoms with E-state index in [1.54, 1.807) is 36.4 Å². The molecule has 0 aliphatic carbocycles. The molecule has 3 rings (SSSR count). The molecule has 8 nitrogen and oxygen atoms in total. The lowest BCUT2D eigenvalue weighted by Crippen LogP contribution is -2.17. The predicted octanol–water partition coefficient (Wildman–Crippen LogP) is 1.74. The average Bonchev–Trinajstić information content (AvgIpc) is 2.72. The number of nitrogens with zero attached hydrogens (tertiary/aromatic N) is 1. The Labute approximate surface area is 155 Å². The summed E-state index contributed by atoms with van der Waals surface area (Å²) in [6.07, 6.45) is 4.20. The van der Waals surface area contributed by atoms with E-state index in [0.717, 1.165) is 5.56 Å². The van der Waals surface area contributed by atoms with Crippen LogP contribution in [0.1, 0.15) is 21.5 Å². The lowest BCUT2D eigenvalue weighted by molar-refractivity contribution is -0.124. The first-order valence-corrected chi connectivity index (χ1v) is 8.11. The minimum atomic E-state index is -0.634. The summed E-state index contributed by atoms with van der Waals surface area (Å²) in [5.74, 6) is 0.334. The molecule has 27 heavy (non-hydrogen) atoms. The number of hydrazone groups is 1. The van der Waals surface area contributed by atoms with Crippen molar-refractivity contribution in [2.75, 3.05) is 13.2 Å². The van der Waals surface area contributed by atoms with E-state index in [0.29, 0.717) is 35.8 Å². The van der Waals surface area contributed by atoms with E-state index in [2.05, 4.69) is 10.5 Å². The lowest BCUT2D eigenvalue weighted by Gasteiger charge is -2.18. The molecule has 0 spiro atoms. The third-order valence-corrected chi connectivity index (χ3v) is 3.66. The molecule has 1 aliphatic heterocycles. The van der Waals surface area contributed by atoms with E-state index in [1.165, 1.54) is 23.8 Å². The maximum atomic E-state index is 12.1. The van der Waals surface area contributed by atoms with Gasteiger partial charge in [0.2, 0.25) is 0 Å². The van der Waals surface area contributed by atoms with Gasteiger partial charge in [-0.15, -0.1) is 0 Å². The molecule has 0 saturated carbocycles. The van der Waals surface area contributed by atoms with Crippen LogP contribution in [0, 0.1) is 0 Å². The van der Waals surface area contributed by atoms with Gasteiger partial charge in [-0.2, -0.15) is 5.10 Å². The first-order valence-electron chi connectivity index (χ1n) is 8.11. The Bertz CT molecular complexity index is 891. The first-order chi connectivity index (χ1) is 13.2. The van der Waals surface area contributed by atoms with Gasteiger partial charge in [-0.3, -0.25) is 14.8 Å². The molecule has 2 aromatic rings. The zero-order valence-electron chi connectivity index (χ0n) is 14.2. The van der Waals surface area contributed by atoms with Gasteiger partial charge in [0.05, 0.1) is 6.21 Å². The van der Waals surface area contributed by atoms with Crippen LogP contribution in [0.25, 0.3) is 6.08 Å². The molecule has 2 aromatic carbocycles. The topological polar surface area (TPSA) is 109 Å². The summed E-state index contributed by atoms with van der Waals surface area (Å²) < 4.78 is 10.9. The van der Waals surface area contributed by atoms with Crippen LogP contribution in [0.2, 0.25) is 0 Å². The Kier molecular flexibility index (Phi) is 5.80. The van der Waals surface area contributed by atoms with Crippen molar-refractivity contribution < 1.29 is 24.3 Å². The van der Waals surface area contributed by atoms with Gasteiger partial charge in [-0.1, -0.05) is 12.1 Å². The number of hydrogen-bond donors (Lipinski definition) is 3. The van der Waals surface area contributed by atoms with Gasteiger partial charge >= 0.3 is 0 Å². The minimum absolute atomic E-state index is 0.368. The van der Waals surface area contributed by atoms with Crippen molar-refractivity contribution >= 4 is 24.1 Å². The Morgan fingerprint density at radius 3 is 2.44 bits per heavy atom. The maximum absolute atomic E-state index is 12.1. The molecule has 0 saturated heterocycles. The molecule has 0 radical (unpaired) electrons. The van der Waals surface area contributed by atoms with Crippen LogP contribution in [-0.4, -0.2) is 36.4 Å². The van der Waals surface area contributed by atoms with Crippen LogP contribution < -0.4 is 20.4 Å². The van der Waals surface area contributed by atoms with E-state index in [-0.39, 0.29) is 5.91 Å². The van der Waals surface area contributed by atoms with Crippen molar-refractivity contribution in [1.82, 2.24) is 10.9 Å². The van der Waals surface area contributed by atoms with Crippen molar-refractivity contribution in [3.63, 3.8) is 0 Å². The third-order valence-electron chi connectivity index (χ3n) is 3.66. The molecule has 1 heterocycles. The molecule has 0 aromatic heterocycles. The quantitative estimate of drug-likeness (QED) is 0.323. The second-order valence-corrected chi connectivity index (χ2v) is 5.53. The average molecular weight is 367 g/mol. The van der Waals surface area contributed by atoms with Gasteiger partial charge in [0.15, 0.2) is 11.5 Å². The second kappa shape index (κ2) is 8.63. The second-order valence-electron chi connectivity index (χ2n) is 5.53. The van der Waals surface area contributed by atoms with Crippen LogP contribution >= 0.6 is 0 Å². The summed E-state index contributed by atoms with van der Waals surface area (Å²) in [6, 6.07) is 11.9. The Balaban J connectivity index is 1.58. The van der Waals surface area contributed by atoms with E-state index in [9.17, 15) is 9.59 Å². The largest absolute Gasteiger partial charge is 0.486 e. The summed E-state index contributed by atoms with van der Waals surface area (Å²) in [5.41, 5.74) is 5.83. The SMILES string of the molecule is O=C(/C=C/c1ccc(C(=O)N/N=C/c2ccc3c(c2)OCCO3)cc1)NO. The zero-order chi connectivity index (χ0) is 19.1. The normalized spacial score (nSPS) is 12.9. The number of benzene rings is 2. The minimum Gasteiger partial charge on any atom is -0.486 e. The number of fused-ring (bicyclic) bond motifs is 1. The molecule has 0 fully saturated rings. The number of carbonyl (C=O) groups is 2. The summed E-state index contributed by atoms with van der Waals surface area (Å²) in [4.78, 5) is 23.0. The van der Waals surface area contributed by atoms with Gasteiger partial charge in [0.25, 0.3) is 11.8 Å². The highest BCUT2D eigenvalue weighted by Gasteiger charge is 2.11. The monoisotopic (exact) mass is 367 g/mol. The van der Waals surface area contributed by atoms with Gasteiger partial charge < -0.3 is 9.47 Å². The van der Waals surface area contributed by atoms with Gasteiger partial charge in [-0.25, -0.2) is 10.9 Å². The van der Waals surface area contributed by atoms with Gasteiger partial charge in [0, 0.05) is 11.6 Å². The van der Waals surface area contributed by atoms with Crippen molar-refractivity contribution in [3.05, 3.63) is 65.2 Å². The lowest BCUT2D eigenvalue weighted by atomic mass is 10.1. The highest BCUT2D eigenvalue weighted by molar-refractivity contribution is 5.95. The highest BCUT2D eigenvalue weighted by atomic mass is 16.6. The molecule has 0 bridgehead atoms. The predicted molar refractivity (Wildman–Crippen MR) is 97.9 cm³/mol. The van der Waals surface area contributed by atoms with Gasteiger partial charge in [-0.05, 0) is 47.5 Å². The van der Waals surface area contributed by atoms with Crippen LogP contribution in [0.3, 0.4) is 0 Å². The molecular formula is C19H17N3O5. The van der Waals surface area contributed by atoms with E-state index < -0.39 is 5.91 Å². The molecule has 8 heteroatoms. The van der Waals surface area contributed by atoms with Crippen LogP contribution in [0.15, 0.2) is 53.6 Å². The van der Waals surface area contributed by atoms with E-state index in [4.69, 9.17) is 14.7 Å². The van der Waals surface area contributed by atoms with Crippen LogP contribution in [0.4, 0.5) is 0 Å². The Morgan fingerprint density at radius 1 is 1.00 bits per heavy atom. The number of hydrogen-bond acceptors (Lipinski definition) is 6. The number of amides is 2. The number of nitrogens with one attached hydrogen (secondary N) is 2. The van der Waals surface area contributed by atoms with Crippen molar-refractivity contribution in [2.24, 2.45) is 5.10 Å². The molecule has 2 amide bonds. The number of rotatable bonds is 5. The summed E-state index contributed by atoms with van der Waals surface area (Å²) >= 11 is 0. The third kappa shape index (κ3) is 4.93. The molecule has 0 unspecified atom stereocenters. The fourth-order valence-electron chi connectivity index (χ4n) is 2.33. The number of carbonyl (C=O) groups excluding carboxylic acids is 2. The smallest absolute Gasteiger partial charge is 0.271 e. The maximum Gasteiger partial charge on any atom is 0.271 e. The van der Waals surface area contributed by atoms with Crippen LogP contribution in [0.5, 0.6) is 11.5 Å². The molecule has 1 aliphatic rings. The summed E-state index contributed by atoms with van der Waals surface area (Å²) in [5, 5.41) is 12.4. The Morgan fingerprint density at radius 2 is 1.70 bits per heavy atom. The first kappa shape index (κ1) is 18.2. The number of ether oxygens (including phenoxy) is 2. The van der Waals surface area contributed by atoms with Crippen molar-refractivity contribution in [1.29, 1.82) is 0 Å². The Hall–Kier alpha value is -3.65. The van der Waals surface area contributed by atoms with Gasteiger partial charge in [0.1, 0.15) is 13.2 Å². The van der Waals surface area contributed by atoms with Crippen LogP contribution in [-0.2, 0) is 4.79 Å². The molecule has 3 N–H and O–H groups in total. The van der Waals surface area contributed by atoms with Crippen molar-refractivity contribution in [2.45, 2.75) is 0 Å². The summed E-state index contributed by atoms with van der Waals surface area (Å²) in [6.45, 7) is 1.03. The fraction of sp³-hybridized carbons (Fsp3) is 0.105. The number of hydroxylamine groups is 1. The van der Waals surface area contributed by atoms with E-state index in [1.807, 2.05) is 6.07 Å². The molecule has 138 valence electrons. The molecule has 0 atom stereocenters. The summed E-state index contributed by atoms with van der Waals surface area (Å²) in [7, 11) is 0.